The van der Waals surface area contributed by atoms with Crippen LogP contribution in [-0.4, -0.2) is 66.7 Å². The van der Waals surface area contributed by atoms with Gasteiger partial charge in [0, 0.05) is 29.9 Å². The second kappa shape index (κ2) is 13.3. The molecule has 1 aliphatic heterocycles. The van der Waals surface area contributed by atoms with E-state index in [-0.39, 0.29) is 53.7 Å². The molecular weight excluding hydrogens is 594 g/mol. The number of hydrogen-bond acceptors (Lipinski definition) is 10. The molecule has 232 valence electrons. The normalized spacial score (nSPS) is 20.1. The summed E-state index contributed by atoms with van der Waals surface area (Å²) < 4.78 is 43.1. The van der Waals surface area contributed by atoms with Crippen LogP contribution < -0.4 is 10.6 Å². The van der Waals surface area contributed by atoms with Crippen LogP contribution in [0.1, 0.15) is 62.0 Å². The van der Waals surface area contributed by atoms with E-state index in [2.05, 4.69) is 30.8 Å². The molecule has 44 heavy (non-hydrogen) atoms. The molecule has 6 rings (SSSR count). The molecule has 15 heteroatoms. The van der Waals surface area contributed by atoms with E-state index in [9.17, 15) is 18.4 Å². The number of anilines is 1. The minimum absolute atomic E-state index is 0.00356. The number of halogens is 2. The molecule has 5 heterocycles. The van der Waals surface area contributed by atoms with Crippen LogP contribution in [0, 0.1) is 11.8 Å². The summed E-state index contributed by atoms with van der Waals surface area (Å²) in [7, 11) is 0. The maximum Gasteiger partial charge on any atom is 0.324 e. The van der Waals surface area contributed by atoms with Gasteiger partial charge >= 0.3 is 5.97 Å². The van der Waals surface area contributed by atoms with E-state index in [1.165, 1.54) is 16.0 Å². The van der Waals surface area contributed by atoms with Crippen LogP contribution in [-0.2, 0) is 21.0 Å². The summed E-state index contributed by atoms with van der Waals surface area (Å²) in [5.41, 5.74) is 0.699. The lowest BCUT2D eigenvalue weighted by Crippen LogP contribution is -2.32. The number of carbonyl (C=O) groups excluding carboxylic acids is 2. The van der Waals surface area contributed by atoms with Crippen LogP contribution in [0.25, 0.3) is 22.0 Å². The second-order valence-electron chi connectivity index (χ2n) is 10.7. The molecule has 2 N–H and O–H groups in total. The van der Waals surface area contributed by atoms with Crippen molar-refractivity contribution in [2.45, 2.75) is 70.4 Å². The number of hydrogen-bond donors (Lipinski definition) is 2. The van der Waals surface area contributed by atoms with Gasteiger partial charge in [0.15, 0.2) is 12.5 Å². The van der Waals surface area contributed by atoms with Crippen LogP contribution in [0.4, 0.5) is 14.5 Å². The zero-order valence-corrected chi connectivity index (χ0v) is 24.9. The highest BCUT2D eigenvalue weighted by Crippen LogP contribution is 2.34. The Morgan fingerprint density at radius 2 is 1.95 bits per heavy atom. The fourth-order valence-electron chi connectivity index (χ4n) is 5.50. The first-order valence-corrected chi connectivity index (χ1v) is 15.5. The fourth-order valence-corrected chi connectivity index (χ4v) is 6.27. The molecule has 1 saturated heterocycles. The highest BCUT2D eigenvalue weighted by Gasteiger charge is 2.27. The Labute approximate surface area is 255 Å². The molecule has 4 aromatic heterocycles. The molecule has 2 aliphatic rings. The Balaban J connectivity index is 1.17. The van der Waals surface area contributed by atoms with Crippen molar-refractivity contribution in [3.63, 3.8) is 0 Å². The van der Waals surface area contributed by atoms with Crippen molar-refractivity contribution in [2.24, 2.45) is 0 Å². The molecule has 0 unspecified atom stereocenters. The van der Waals surface area contributed by atoms with Gasteiger partial charge in [-0.3, -0.25) is 14.3 Å². The van der Waals surface area contributed by atoms with Gasteiger partial charge in [-0.2, -0.15) is 14.6 Å². The summed E-state index contributed by atoms with van der Waals surface area (Å²) >= 11 is 1.24. The third-order valence-corrected chi connectivity index (χ3v) is 8.63. The summed E-state index contributed by atoms with van der Waals surface area (Å²) in [4.78, 5) is 33.7. The van der Waals surface area contributed by atoms with Gasteiger partial charge in [0.05, 0.1) is 24.0 Å². The molecule has 2 fully saturated rings. The molecule has 1 aliphatic carbocycles. The molecule has 0 radical (unpaired) electrons. The van der Waals surface area contributed by atoms with Crippen LogP contribution in [0.15, 0.2) is 36.1 Å². The van der Waals surface area contributed by atoms with Crippen molar-refractivity contribution in [1.82, 2.24) is 34.8 Å². The highest BCUT2D eigenvalue weighted by atomic mass is 32.1. The monoisotopic (exact) mass is 626 g/mol. The van der Waals surface area contributed by atoms with E-state index >= 15 is 0 Å². The number of esters is 1. The van der Waals surface area contributed by atoms with Crippen molar-refractivity contribution in [3.8, 4) is 22.0 Å². The predicted molar refractivity (Wildman–Crippen MR) is 157 cm³/mol. The number of carbonyl (C=O) groups is 2. The minimum atomic E-state index is -0.861. The average Bonchev–Trinajstić information content (AvgIpc) is 3.84. The zero-order valence-electron chi connectivity index (χ0n) is 24.0. The van der Waals surface area contributed by atoms with Crippen LogP contribution in [0.5, 0.6) is 0 Å². The molecule has 4 aromatic rings. The number of thiazole rings is 1. The number of ether oxygens (including phenoxy) is 2. The smallest absolute Gasteiger partial charge is 0.324 e. The summed E-state index contributed by atoms with van der Waals surface area (Å²) in [6.07, 6.45) is 10.0. The second-order valence-corrected chi connectivity index (χ2v) is 11.6. The Hall–Kier alpha value is -4.08. The third-order valence-electron chi connectivity index (χ3n) is 7.74. The lowest BCUT2D eigenvalue weighted by molar-refractivity contribution is -0.150. The molecule has 0 bridgehead atoms. The standard InChI is InChI=1S/C29H32F2N8O4S/c1-2-42-19-7-5-18(6-8-19)39-14-22(26(37-39)25-20(30)9-10-24(31)36-25)34-27(40)23-15-44-28(35-23)17-12-33-38(13-17)16-43-29(41)21-4-3-11-32-21/h9-10,12-15,18-19,21,32H,2-8,11,16H2,1H3,(H,34,40)/t18?,19?,21-/m1/s1. The first-order chi connectivity index (χ1) is 21.4. The summed E-state index contributed by atoms with van der Waals surface area (Å²) in [5.74, 6) is -2.48. The quantitative estimate of drug-likeness (QED) is 0.192. The molecule has 12 nitrogen and oxygen atoms in total. The van der Waals surface area contributed by atoms with Gasteiger partial charge < -0.3 is 20.1 Å². The number of amides is 1. The summed E-state index contributed by atoms with van der Waals surface area (Å²) in [6, 6.07) is 1.62. The zero-order chi connectivity index (χ0) is 30.6. The number of aromatic nitrogens is 6. The molecule has 0 aromatic carbocycles. The predicted octanol–water partition coefficient (Wildman–Crippen LogP) is 4.57. The number of nitrogens with zero attached hydrogens (tertiary/aromatic N) is 6. The van der Waals surface area contributed by atoms with Crippen molar-refractivity contribution in [3.05, 3.63) is 53.6 Å². The Morgan fingerprint density at radius 1 is 1.11 bits per heavy atom. The van der Waals surface area contributed by atoms with Gasteiger partial charge in [-0.25, -0.2) is 19.0 Å². The first kappa shape index (κ1) is 30.0. The molecule has 1 amide bonds. The summed E-state index contributed by atoms with van der Waals surface area (Å²) in [6.45, 7) is 3.37. The Bertz CT molecular complexity index is 1620. The average molecular weight is 627 g/mol. The maximum atomic E-state index is 14.8. The van der Waals surface area contributed by atoms with Gasteiger partial charge in [-0.15, -0.1) is 11.3 Å². The van der Waals surface area contributed by atoms with E-state index < -0.39 is 17.7 Å². The lowest BCUT2D eigenvalue weighted by Gasteiger charge is -2.28. The maximum absolute atomic E-state index is 14.8. The van der Waals surface area contributed by atoms with Crippen LogP contribution in [0.3, 0.4) is 0 Å². The SMILES string of the molecule is CCOC1CCC(n2cc(NC(=O)c3csc(-c4cnn(COC(=O)[C@H]5CCCN5)c4)n3)c(-c3nc(F)ccc3F)n2)CC1. The number of nitrogens with one attached hydrogen (secondary N) is 2. The lowest BCUT2D eigenvalue weighted by atomic mass is 9.93. The van der Waals surface area contributed by atoms with Crippen LogP contribution >= 0.6 is 11.3 Å². The van der Waals surface area contributed by atoms with Gasteiger partial charge in [-0.05, 0) is 64.1 Å². The van der Waals surface area contributed by atoms with E-state index in [4.69, 9.17) is 9.47 Å². The molecule has 0 spiro atoms. The van der Waals surface area contributed by atoms with Gasteiger partial charge in [0.2, 0.25) is 5.95 Å². The van der Waals surface area contributed by atoms with E-state index in [0.717, 1.165) is 57.2 Å². The number of pyridine rings is 1. The fraction of sp³-hybridized carbons (Fsp3) is 0.448. The van der Waals surface area contributed by atoms with Gasteiger partial charge in [0.25, 0.3) is 5.91 Å². The van der Waals surface area contributed by atoms with E-state index in [0.29, 0.717) is 17.2 Å². The third kappa shape index (κ3) is 6.69. The van der Waals surface area contributed by atoms with Gasteiger partial charge in [-0.1, -0.05) is 0 Å². The largest absolute Gasteiger partial charge is 0.441 e. The Kier molecular flexibility index (Phi) is 9.04. The van der Waals surface area contributed by atoms with Gasteiger partial charge in [0.1, 0.15) is 28.1 Å². The van der Waals surface area contributed by atoms with E-state index in [1.807, 2.05) is 6.92 Å². The molecular formula is C29H32F2N8O4S. The minimum Gasteiger partial charge on any atom is -0.441 e. The molecule has 1 atom stereocenters. The van der Waals surface area contributed by atoms with Crippen molar-refractivity contribution in [1.29, 1.82) is 0 Å². The topological polar surface area (TPSA) is 138 Å². The van der Waals surface area contributed by atoms with Crippen LogP contribution in [0.2, 0.25) is 0 Å². The van der Waals surface area contributed by atoms with Crippen molar-refractivity contribution >= 4 is 28.9 Å². The first-order valence-electron chi connectivity index (χ1n) is 14.6. The highest BCUT2D eigenvalue weighted by molar-refractivity contribution is 7.13. The van der Waals surface area contributed by atoms with Crippen molar-refractivity contribution in [2.75, 3.05) is 18.5 Å². The van der Waals surface area contributed by atoms with E-state index in [1.54, 1.807) is 28.7 Å². The summed E-state index contributed by atoms with van der Waals surface area (Å²) in [5, 5.41) is 16.8. The number of rotatable bonds is 10. The Morgan fingerprint density at radius 3 is 2.73 bits per heavy atom. The molecule has 1 saturated carbocycles. The van der Waals surface area contributed by atoms with Crippen molar-refractivity contribution < 1.29 is 27.8 Å².